The summed E-state index contributed by atoms with van der Waals surface area (Å²) in [6.07, 6.45) is 3.37. The molecule has 0 saturated carbocycles. The predicted octanol–water partition coefficient (Wildman–Crippen LogP) is 1.84. The number of likely N-dealkylation sites (tertiary alicyclic amines) is 1. The highest BCUT2D eigenvalue weighted by Crippen LogP contribution is 2.20. The summed E-state index contributed by atoms with van der Waals surface area (Å²) in [5, 5.41) is 3.07. The molecule has 2 heterocycles. The van der Waals surface area contributed by atoms with Crippen LogP contribution in [0, 0.1) is 11.2 Å². The van der Waals surface area contributed by atoms with Crippen LogP contribution in [0.5, 0.6) is 5.88 Å². The van der Waals surface area contributed by atoms with Gasteiger partial charge in [-0.15, -0.1) is 0 Å². The van der Waals surface area contributed by atoms with Crippen molar-refractivity contribution in [3.8, 4) is 5.88 Å². The van der Waals surface area contributed by atoms with E-state index in [9.17, 15) is 9.18 Å². The Balaban J connectivity index is 1.86. The summed E-state index contributed by atoms with van der Waals surface area (Å²) in [6.45, 7) is 5.64. The zero-order chi connectivity index (χ0) is 16.2. The largest absolute Gasteiger partial charge is 0.474 e. The van der Waals surface area contributed by atoms with Crippen LogP contribution < -0.4 is 10.1 Å². The van der Waals surface area contributed by atoms with Crippen LogP contribution in [-0.4, -0.2) is 48.6 Å². The molecule has 1 N–H and O–H groups in total. The average Bonchev–Trinajstić information content (AvgIpc) is 2.49. The fraction of sp³-hybridized carbons (Fsp3) is 0.625. The van der Waals surface area contributed by atoms with Gasteiger partial charge in [-0.05, 0) is 59.0 Å². The summed E-state index contributed by atoms with van der Waals surface area (Å²) in [6, 6.07) is 2.99. The minimum atomic E-state index is -0.743. The van der Waals surface area contributed by atoms with Gasteiger partial charge in [0, 0.05) is 12.2 Å². The minimum absolute atomic E-state index is 0.0670. The van der Waals surface area contributed by atoms with Crippen molar-refractivity contribution >= 4 is 5.91 Å². The van der Waals surface area contributed by atoms with E-state index in [1.54, 1.807) is 13.8 Å². The van der Waals surface area contributed by atoms with Crippen LogP contribution in [0.1, 0.15) is 26.7 Å². The van der Waals surface area contributed by atoms with Crippen LogP contribution in [0.25, 0.3) is 0 Å². The van der Waals surface area contributed by atoms with Gasteiger partial charge in [-0.25, -0.2) is 9.37 Å². The third kappa shape index (κ3) is 4.40. The van der Waals surface area contributed by atoms with Crippen LogP contribution >= 0.6 is 0 Å². The molecule has 0 unspecified atom stereocenters. The Kier molecular flexibility index (Phi) is 5.34. The highest BCUT2D eigenvalue weighted by Gasteiger charge is 2.31. The lowest BCUT2D eigenvalue weighted by atomic mass is 9.92. The average molecular weight is 309 g/mol. The van der Waals surface area contributed by atoms with Gasteiger partial charge in [0.1, 0.15) is 6.61 Å². The highest BCUT2D eigenvalue weighted by molar-refractivity contribution is 5.82. The summed E-state index contributed by atoms with van der Waals surface area (Å²) in [4.78, 5) is 18.5. The Morgan fingerprint density at radius 3 is 2.82 bits per heavy atom. The van der Waals surface area contributed by atoms with Crippen molar-refractivity contribution in [3.05, 3.63) is 24.1 Å². The highest BCUT2D eigenvalue weighted by atomic mass is 19.1. The van der Waals surface area contributed by atoms with Gasteiger partial charge >= 0.3 is 0 Å². The Labute approximate surface area is 130 Å². The van der Waals surface area contributed by atoms with E-state index in [0.29, 0.717) is 0 Å². The molecule has 1 fully saturated rings. The summed E-state index contributed by atoms with van der Waals surface area (Å²) in [5.41, 5.74) is -0.743. The van der Waals surface area contributed by atoms with E-state index in [-0.39, 0.29) is 24.4 Å². The number of aromatic nitrogens is 1. The molecule has 0 bridgehead atoms. The number of rotatable bonds is 5. The molecule has 0 atom stereocenters. The number of ether oxygens (including phenoxy) is 1. The van der Waals surface area contributed by atoms with Crippen LogP contribution in [0.3, 0.4) is 0 Å². The molecule has 0 spiro atoms. The van der Waals surface area contributed by atoms with Gasteiger partial charge in [-0.1, -0.05) is 0 Å². The molecule has 1 aliphatic rings. The SMILES string of the molecule is CN1CCC(NC(=O)C(C)(C)COc2ncccc2F)CC1. The normalized spacial score (nSPS) is 17.3. The maximum atomic E-state index is 13.5. The Bertz CT molecular complexity index is 514. The van der Waals surface area contributed by atoms with Gasteiger partial charge in [-0.2, -0.15) is 0 Å². The van der Waals surface area contributed by atoms with E-state index in [0.717, 1.165) is 25.9 Å². The first-order valence-electron chi connectivity index (χ1n) is 7.61. The third-order valence-electron chi connectivity index (χ3n) is 3.96. The number of nitrogens with zero attached hydrogens (tertiary/aromatic N) is 2. The predicted molar refractivity (Wildman–Crippen MR) is 82.1 cm³/mol. The second-order valence-electron chi connectivity index (χ2n) is 6.51. The van der Waals surface area contributed by atoms with E-state index in [2.05, 4.69) is 22.2 Å². The first kappa shape index (κ1) is 16.7. The topological polar surface area (TPSA) is 54.5 Å². The molecule has 22 heavy (non-hydrogen) atoms. The molecule has 0 aliphatic carbocycles. The molecule has 1 saturated heterocycles. The number of hydrogen-bond donors (Lipinski definition) is 1. The molecule has 1 aliphatic heterocycles. The fourth-order valence-corrected chi connectivity index (χ4v) is 2.33. The van der Waals surface area contributed by atoms with Crippen molar-refractivity contribution in [3.63, 3.8) is 0 Å². The van der Waals surface area contributed by atoms with E-state index >= 15 is 0 Å². The quantitative estimate of drug-likeness (QED) is 0.902. The molecular weight excluding hydrogens is 285 g/mol. The summed E-state index contributed by atoms with van der Waals surface area (Å²) < 4.78 is 18.9. The fourth-order valence-electron chi connectivity index (χ4n) is 2.33. The number of hydrogen-bond acceptors (Lipinski definition) is 4. The van der Waals surface area contributed by atoms with Crippen molar-refractivity contribution in [2.75, 3.05) is 26.7 Å². The Morgan fingerprint density at radius 1 is 1.50 bits per heavy atom. The van der Waals surface area contributed by atoms with Gasteiger partial charge < -0.3 is 15.0 Å². The number of carbonyl (C=O) groups excluding carboxylic acids is 1. The molecular formula is C16H24FN3O2. The van der Waals surface area contributed by atoms with Gasteiger partial charge in [0.15, 0.2) is 5.82 Å². The van der Waals surface area contributed by atoms with Crippen LogP contribution in [0.4, 0.5) is 4.39 Å². The van der Waals surface area contributed by atoms with Gasteiger partial charge in [-0.3, -0.25) is 4.79 Å². The lowest BCUT2D eigenvalue weighted by molar-refractivity contribution is -0.132. The van der Waals surface area contributed by atoms with Crippen molar-refractivity contribution in [2.45, 2.75) is 32.7 Å². The molecule has 1 aromatic heterocycles. The van der Waals surface area contributed by atoms with Crippen LogP contribution in [0.15, 0.2) is 18.3 Å². The maximum Gasteiger partial charge on any atom is 0.250 e. The zero-order valence-electron chi connectivity index (χ0n) is 13.4. The van der Waals surface area contributed by atoms with Gasteiger partial charge in [0.25, 0.3) is 0 Å². The van der Waals surface area contributed by atoms with Crippen molar-refractivity contribution in [1.82, 2.24) is 15.2 Å². The summed E-state index contributed by atoms with van der Waals surface area (Å²) >= 11 is 0. The molecule has 5 nitrogen and oxygen atoms in total. The van der Waals surface area contributed by atoms with Crippen molar-refractivity contribution in [1.29, 1.82) is 0 Å². The van der Waals surface area contributed by atoms with Crippen LogP contribution in [-0.2, 0) is 4.79 Å². The summed E-state index contributed by atoms with van der Waals surface area (Å²) in [5.74, 6) is -0.657. The molecule has 0 aromatic carbocycles. The molecule has 6 heteroatoms. The van der Waals surface area contributed by atoms with Crippen molar-refractivity contribution in [2.24, 2.45) is 5.41 Å². The smallest absolute Gasteiger partial charge is 0.250 e. The first-order chi connectivity index (χ1) is 10.4. The van der Waals surface area contributed by atoms with Crippen molar-refractivity contribution < 1.29 is 13.9 Å². The lowest BCUT2D eigenvalue weighted by Crippen LogP contribution is -2.49. The summed E-state index contributed by atoms with van der Waals surface area (Å²) in [7, 11) is 2.08. The number of amides is 1. The third-order valence-corrected chi connectivity index (χ3v) is 3.96. The second kappa shape index (κ2) is 7.05. The molecule has 122 valence electrons. The second-order valence-corrected chi connectivity index (χ2v) is 6.51. The zero-order valence-corrected chi connectivity index (χ0v) is 13.4. The first-order valence-corrected chi connectivity index (χ1v) is 7.61. The number of pyridine rings is 1. The number of piperidine rings is 1. The molecule has 0 radical (unpaired) electrons. The van der Waals surface area contributed by atoms with E-state index in [4.69, 9.17) is 4.74 Å². The Hall–Kier alpha value is -1.69. The van der Waals surface area contributed by atoms with Gasteiger partial charge in [0.2, 0.25) is 11.8 Å². The maximum absolute atomic E-state index is 13.5. The molecule has 1 amide bonds. The van der Waals surface area contributed by atoms with E-state index in [1.165, 1.54) is 18.3 Å². The number of halogens is 1. The monoisotopic (exact) mass is 309 g/mol. The van der Waals surface area contributed by atoms with E-state index < -0.39 is 11.2 Å². The molecule has 2 rings (SSSR count). The van der Waals surface area contributed by atoms with Crippen LogP contribution in [0.2, 0.25) is 0 Å². The van der Waals surface area contributed by atoms with E-state index in [1.807, 2.05) is 0 Å². The number of nitrogens with one attached hydrogen (secondary N) is 1. The number of carbonyl (C=O) groups is 1. The lowest BCUT2D eigenvalue weighted by Gasteiger charge is -2.32. The minimum Gasteiger partial charge on any atom is -0.474 e. The molecule has 1 aromatic rings. The van der Waals surface area contributed by atoms with Gasteiger partial charge in [0.05, 0.1) is 5.41 Å². The standard InChI is InChI=1S/C16H24FN3O2/c1-16(2,11-22-14-13(17)5-4-8-18-14)15(21)19-12-6-9-20(3)10-7-12/h4-5,8,12H,6-7,9-11H2,1-3H3,(H,19,21). The Morgan fingerprint density at radius 2 is 2.18 bits per heavy atom.